The van der Waals surface area contributed by atoms with Gasteiger partial charge in [-0.1, -0.05) is 58.8 Å². The average Bonchev–Trinajstić information content (AvgIpc) is 3.24. The number of halogens is 1. The molecule has 0 aliphatic heterocycles. The maximum atomic E-state index is 13.7. The van der Waals surface area contributed by atoms with Gasteiger partial charge in [-0.25, -0.2) is 13.0 Å². The lowest BCUT2D eigenvalue weighted by atomic mass is 10.2. The second kappa shape index (κ2) is 7.95. The van der Waals surface area contributed by atoms with E-state index in [1.165, 1.54) is 22.9 Å². The molecule has 0 radical (unpaired) electrons. The first-order valence-electron chi connectivity index (χ1n) is 9.88. The van der Waals surface area contributed by atoms with E-state index < -0.39 is 20.6 Å². The van der Waals surface area contributed by atoms with Crippen LogP contribution in [0.1, 0.15) is 5.56 Å². The molecular formula is C23H16ClN5O3S. The number of aryl methyl sites for hydroxylation is 1. The van der Waals surface area contributed by atoms with Crippen molar-refractivity contribution < 1.29 is 8.42 Å². The van der Waals surface area contributed by atoms with E-state index in [4.69, 9.17) is 11.6 Å². The largest absolute Gasteiger partial charge is 0.289 e. The molecule has 0 saturated carbocycles. The number of rotatable bonds is 4. The van der Waals surface area contributed by atoms with Gasteiger partial charge in [0.25, 0.3) is 5.56 Å². The minimum Gasteiger partial charge on any atom is -0.266 e. The summed E-state index contributed by atoms with van der Waals surface area (Å²) >= 11 is 6.13. The van der Waals surface area contributed by atoms with Crippen molar-refractivity contribution in [3.63, 3.8) is 0 Å². The second-order valence-corrected chi connectivity index (χ2v) is 9.62. The molecule has 0 bridgehead atoms. The number of benzene rings is 3. The first-order valence-corrected chi connectivity index (χ1v) is 11.7. The molecule has 164 valence electrons. The Balaban J connectivity index is 1.88. The molecule has 0 atom stereocenters. The molecule has 0 N–H and O–H groups in total. The summed E-state index contributed by atoms with van der Waals surface area (Å²) in [5, 5.41) is 7.94. The van der Waals surface area contributed by atoms with Gasteiger partial charge in [0, 0.05) is 5.02 Å². The molecule has 5 rings (SSSR count). The van der Waals surface area contributed by atoms with Gasteiger partial charge < -0.3 is 0 Å². The predicted octanol–water partition coefficient (Wildman–Crippen LogP) is 3.76. The van der Waals surface area contributed by atoms with Crippen molar-refractivity contribution in [3.05, 3.63) is 99.8 Å². The molecule has 0 spiro atoms. The smallest absolute Gasteiger partial charge is 0.266 e. The van der Waals surface area contributed by atoms with Crippen molar-refractivity contribution in [3.8, 4) is 11.4 Å². The van der Waals surface area contributed by atoms with Gasteiger partial charge in [0.05, 0.1) is 16.3 Å². The quantitative estimate of drug-likeness (QED) is 0.365. The maximum absolute atomic E-state index is 13.7. The monoisotopic (exact) mass is 477 g/mol. The number of hydrogen-bond donors (Lipinski definition) is 0. The Hall–Kier alpha value is -3.82. The molecule has 2 aromatic heterocycles. The molecule has 5 aromatic rings. The van der Waals surface area contributed by atoms with Crippen LogP contribution in [0.4, 0.5) is 0 Å². The zero-order valence-electron chi connectivity index (χ0n) is 17.3. The summed E-state index contributed by atoms with van der Waals surface area (Å²) in [6, 6.07) is 21.6. The van der Waals surface area contributed by atoms with Crippen molar-refractivity contribution in [2.24, 2.45) is 0 Å². The molecule has 3 aromatic carbocycles. The van der Waals surface area contributed by atoms with Crippen LogP contribution in [-0.4, -0.2) is 33.0 Å². The third kappa shape index (κ3) is 3.61. The third-order valence-electron chi connectivity index (χ3n) is 5.08. The molecule has 2 heterocycles. The zero-order chi connectivity index (χ0) is 23.2. The van der Waals surface area contributed by atoms with Crippen molar-refractivity contribution >= 4 is 32.6 Å². The highest BCUT2D eigenvalue weighted by atomic mass is 35.5. The molecule has 0 aliphatic rings. The topological polar surface area (TPSA) is 99.7 Å². The van der Waals surface area contributed by atoms with E-state index in [0.29, 0.717) is 10.7 Å². The molecule has 10 heteroatoms. The third-order valence-corrected chi connectivity index (χ3v) is 6.97. The van der Waals surface area contributed by atoms with Gasteiger partial charge in [-0.15, -0.1) is 5.10 Å². The fourth-order valence-electron chi connectivity index (χ4n) is 3.44. The highest BCUT2D eigenvalue weighted by molar-refractivity contribution is 7.91. The van der Waals surface area contributed by atoms with Gasteiger partial charge in [0.2, 0.25) is 15.0 Å². The van der Waals surface area contributed by atoms with E-state index >= 15 is 0 Å². The van der Waals surface area contributed by atoms with Crippen LogP contribution < -0.4 is 5.56 Å². The van der Waals surface area contributed by atoms with Gasteiger partial charge in [-0.3, -0.25) is 4.79 Å². The summed E-state index contributed by atoms with van der Waals surface area (Å²) in [6.45, 7) is 1.85. The van der Waals surface area contributed by atoms with Crippen LogP contribution in [0.2, 0.25) is 5.02 Å². The van der Waals surface area contributed by atoms with E-state index in [0.717, 1.165) is 10.1 Å². The van der Waals surface area contributed by atoms with Crippen molar-refractivity contribution in [2.45, 2.75) is 17.0 Å². The van der Waals surface area contributed by atoms with Crippen LogP contribution in [0.5, 0.6) is 0 Å². The summed E-state index contributed by atoms with van der Waals surface area (Å²) in [6.07, 6.45) is 0. The zero-order valence-corrected chi connectivity index (χ0v) is 18.8. The van der Waals surface area contributed by atoms with Crippen molar-refractivity contribution in [1.82, 2.24) is 24.5 Å². The van der Waals surface area contributed by atoms with Crippen LogP contribution in [0.25, 0.3) is 22.5 Å². The Kier molecular flexibility index (Phi) is 5.07. The number of nitrogens with zero attached hydrogens (tertiary/aromatic N) is 5. The number of fused-ring (bicyclic) bond motifs is 1. The summed E-state index contributed by atoms with van der Waals surface area (Å²) in [4.78, 5) is 18.0. The summed E-state index contributed by atoms with van der Waals surface area (Å²) in [5.74, 6) is 0. The molecule has 0 amide bonds. The molecule has 0 saturated heterocycles. The SMILES string of the molecule is Cc1ccc(S(=O)(=O)c2nc3c(nnn3-c3ccccc3)c(=O)n2-c2cccc(Cl)c2)cc1. The lowest BCUT2D eigenvalue weighted by molar-refractivity contribution is 0.580. The van der Waals surface area contributed by atoms with Crippen LogP contribution in [0.3, 0.4) is 0 Å². The number of para-hydroxylation sites is 1. The minimum absolute atomic E-state index is 0.00821. The standard InChI is InChI=1S/C23H16ClN5O3S/c1-15-10-12-19(13-11-15)33(31,32)23-25-21-20(26-27-29(21)17-7-3-2-4-8-17)22(30)28(23)18-9-5-6-16(24)14-18/h2-14H,1H3. The average molecular weight is 478 g/mol. The molecule has 0 unspecified atom stereocenters. The van der Waals surface area contributed by atoms with Crippen LogP contribution in [0, 0.1) is 6.92 Å². The van der Waals surface area contributed by atoms with E-state index in [9.17, 15) is 13.2 Å². The normalized spacial score (nSPS) is 11.7. The fraction of sp³-hybridized carbons (Fsp3) is 0.0435. The maximum Gasteiger partial charge on any atom is 0.289 e. The molecule has 0 aliphatic carbocycles. The highest BCUT2D eigenvalue weighted by Crippen LogP contribution is 2.24. The van der Waals surface area contributed by atoms with Crippen LogP contribution >= 0.6 is 11.6 Å². The highest BCUT2D eigenvalue weighted by Gasteiger charge is 2.29. The van der Waals surface area contributed by atoms with E-state index in [-0.39, 0.29) is 21.7 Å². The van der Waals surface area contributed by atoms with Gasteiger partial charge in [-0.05, 0) is 49.4 Å². The predicted molar refractivity (Wildman–Crippen MR) is 124 cm³/mol. The van der Waals surface area contributed by atoms with Gasteiger partial charge >= 0.3 is 0 Å². The van der Waals surface area contributed by atoms with E-state index in [1.54, 1.807) is 54.6 Å². The summed E-state index contributed by atoms with van der Waals surface area (Å²) in [5.41, 5.74) is 1.04. The Morgan fingerprint density at radius 3 is 2.27 bits per heavy atom. The van der Waals surface area contributed by atoms with Crippen molar-refractivity contribution in [2.75, 3.05) is 0 Å². The van der Waals surface area contributed by atoms with Crippen molar-refractivity contribution in [1.29, 1.82) is 0 Å². The first kappa shape index (κ1) is 21.0. The fourth-order valence-corrected chi connectivity index (χ4v) is 4.96. The van der Waals surface area contributed by atoms with Crippen LogP contribution in [0.15, 0.2) is 93.7 Å². The minimum atomic E-state index is -4.20. The molecule has 0 fully saturated rings. The Labute approximate surface area is 193 Å². The van der Waals surface area contributed by atoms with E-state index in [2.05, 4.69) is 15.3 Å². The lowest BCUT2D eigenvalue weighted by Gasteiger charge is -2.13. The van der Waals surface area contributed by atoms with Gasteiger partial charge in [0.15, 0.2) is 11.2 Å². The molecule has 33 heavy (non-hydrogen) atoms. The van der Waals surface area contributed by atoms with Crippen LogP contribution in [-0.2, 0) is 9.84 Å². The summed E-state index contributed by atoms with van der Waals surface area (Å²) in [7, 11) is -4.20. The molecular weight excluding hydrogens is 462 g/mol. The number of aromatic nitrogens is 5. The Bertz CT molecular complexity index is 1660. The lowest BCUT2D eigenvalue weighted by Crippen LogP contribution is -2.27. The summed E-state index contributed by atoms with van der Waals surface area (Å²) < 4.78 is 29.7. The Morgan fingerprint density at radius 1 is 0.879 bits per heavy atom. The number of hydrogen-bond acceptors (Lipinski definition) is 6. The number of sulfone groups is 1. The van der Waals surface area contributed by atoms with Gasteiger partial charge in [0.1, 0.15) is 0 Å². The molecule has 8 nitrogen and oxygen atoms in total. The van der Waals surface area contributed by atoms with Gasteiger partial charge in [-0.2, -0.15) is 9.67 Å². The first-order chi connectivity index (χ1) is 15.9. The Morgan fingerprint density at radius 2 is 1.58 bits per heavy atom. The van der Waals surface area contributed by atoms with E-state index in [1.807, 2.05) is 13.0 Å². The second-order valence-electron chi connectivity index (χ2n) is 7.34.